The zero-order valence-corrected chi connectivity index (χ0v) is 14.8. The molecule has 0 amide bonds. The minimum atomic E-state index is 0.505. The van der Waals surface area contributed by atoms with E-state index < -0.39 is 0 Å². The molecule has 0 atom stereocenters. The van der Waals surface area contributed by atoms with Crippen LogP contribution in [0, 0.1) is 11.3 Å². The number of benzene rings is 2. The predicted octanol–water partition coefficient (Wildman–Crippen LogP) is 3.08. The van der Waals surface area contributed by atoms with Gasteiger partial charge in [0, 0.05) is 37.3 Å². The fourth-order valence-corrected chi connectivity index (χ4v) is 3.77. The van der Waals surface area contributed by atoms with Gasteiger partial charge in [-0.25, -0.2) is 9.50 Å². The maximum absolute atomic E-state index is 9.39. The van der Waals surface area contributed by atoms with Gasteiger partial charge in [0.2, 0.25) is 0 Å². The Morgan fingerprint density at radius 2 is 1.56 bits per heavy atom. The highest BCUT2D eigenvalue weighted by Gasteiger charge is 2.22. The minimum absolute atomic E-state index is 0.505. The van der Waals surface area contributed by atoms with E-state index >= 15 is 0 Å². The van der Waals surface area contributed by atoms with Gasteiger partial charge in [-0.2, -0.15) is 10.4 Å². The molecule has 6 nitrogen and oxygen atoms in total. The maximum Gasteiger partial charge on any atom is 0.175 e. The lowest BCUT2D eigenvalue weighted by molar-refractivity contribution is 0.649. The molecule has 1 saturated heterocycles. The van der Waals surface area contributed by atoms with Crippen molar-refractivity contribution in [2.45, 2.75) is 0 Å². The molecule has 132 valence electrons. The van der Waals surface area contributed by atoms with Gasteiger partial charge in [0.25, 0.3) is 0 Å². The quantitative estimate of drug-likeness (QED) is 0.554. The molecule has 5 rings (SSSR count). The van der Waals surface area contributed by atoms with Crippen LogP contribution in [0.5, 0.6) is 0 Å². The van der Waals surface area contributed by atoms with Gasteiger partial charge in [-0.1, -0.05) is 30.3 Å². The summed E-state index contributed by atoms with van der Waals surface area (Å²) in [5, 5.41) is 14.8. The van der Waals surface area contributed by atoms with Crippen molar-refractivity contribution < 1.29 is 0 Å². The summed E-state index contributed by atoms with van der Waals surface area (Å²) in [6.07, 6.45) is 1.59. The van der Waals surface area contributed by atoms with E-state index in [1.165, 1.54) is 5.69 Å². The summed E-state index contributed by atoms with van der Waals surface area (Å²) in [6.45, 7) is 3.65. The van der Waals surface area contributed by atoms with E-state index in [0.717, 1.165) is 42.9 Å². The highest BCUT2D eigenvalue weighted by Crippen LogP contribution is 2.28. The van der Waals surface area contributed by atoms with Crippen LogP contribution in [0.3, 0.4) is 0 Å². The molecule has 0 unspecified atom stereocenters. The van der Waals surface area contributed by atoms with E-state index in [1.54, 1.807) is 10.7 Å². The van der Waals surface area contributed by atoms with Gasteiger partial charge in [-0.3, -0.25) is 0 Å². The normalized spacial score (nSPS) is 14.6. The fraction of sp³-hybridized carbons (Fsp3) is 0.190. The van der Waals surface area contributed by atoms with Crippen molar-refractivity contribution in [3.63, 3.8) is 0 Å². The van der Waals surface area contributed by atoms with E-state index in [2.05, 4.69) is 51.3 Å². The van der Waals surface area contributed by atoms with Crippen LogP contribution in [0.2, 0.25) is 0 Å². The number of para-hydroxylation sites is 2. The molecular weight excluding hydrogens is 336 g/mol. The Balaban J connectivity index is 1.54. The molecule has 1 fully saturated rings. The Hall–Kier alpha value is -3.59. The average Bonchev–Trinajstić information content (AvgIpc) is 3.17. The van der Waals surface area contributed by atoms with Crippen LogP contribution >= 0.6 is 0 Å². The van der Waals surface area contributed by atoms with Crippen LogP contribution in [0.15, 0.2) is 60.8 Å². The van der Waals surface area contributed by atoms with Crippen molar-refractivity contribution in [3.05, 3.63) is 66.4 Å². The van der Waals surface area contributed by atoms with Gasteiger partial charge in [-0.05, 0) is 24.3 Å². The Kier molecular flexibility index (Phi) is 3.65. The minimum Gasteiger partial charge on any atom is -0.368 e. The van der Waals surface area contributed by atoms with Crippen molar-refractivity contribution in [1.29, 1.82) is 5.26 Å². The van der Waals surface area contributed by atoms with Crippen LogP contribution in [0.4, 0.5) is 11.5 Å². The molecule has 0 radical (unpaired) electrons. The van der Waals surface area contributed by atoms with Crippen LogP contribution in [0.1, 0.15) is 5.56 Å². The summed E-state index contributed by atoms with van der Waals surface area (Å²) < 4.78 is 1.76. The van der Waals surface area contributed by atoms with Gasteiger partial charge in [0.1, 0.15) is 17.5 Å². The molecule has 2 aromatic heterocycles. The second kappa shape index (κ2) is 6.29. The Morgan fingerprint density at radius 1 is 0.852 bits per heavy atom. The van der Waals surface area contributed by atoms with Gasteiger partial charge in [-0.15, -0.1) is 0 Å². The first kappa shape index (κ1) is 15.6. The van der Waals surface area contributed by atoms with E-state index in [4.69, 9.17) is 4.98 Å². The molecule has 0 bridgehead atoms. The number of hydrogen-bond donors (Lipinski definition) is 0. The van der Waals surface area contributed by atoms with E-state index in [-0.39, 0.29) is 0 Å². The van der Waals surface area contributed by atoms with Gasteiger partial charge in [0.05, 0.1) is 11.7 Å². The van der Waals surface area contributed by atoms with Gasteiger partial charge < -0.3 is 9.80 Å². The predicted molar refractivity (Wildman–Crippen MR) is 106 cm³/mol. The molecule has 27 heavy (non-hydrogen) atoms. The van der Waals surface area contributed by atoms with Crippen LogP contribution in [-0.4, -0.2) is 40.8 Å². The molecular formula is C21H18N6. The zero-order chi connectivity index (χ0) is 18.2. The standard InChI is InChI=1S/C21H18N6/c22-14-16-15-23-27-19-9-5-4-8-18(19)21(24-20(16)27)26-12-10-25(11-13-26)17-6-2-1-3-7-17/h1-9,15H,10-13H2. The third-order valence-corrected chi connectivity index (χ3v) is 5.15. The summed E-state index contributed by atoms with van der Waals surface area (Å²) in [7, 11) is 0. The van der Waals surface area contributed by atoms with E-state index in [0.29, 0.717) is 11.2 Å². The highest BCUT2D eigenvalue weighted by atomic mass is 15.3. The number of anilines is 2. The molecule has 4 aromatic rings. The zero-order valence-electron chi connectivity index (χ0n) is 14.8. The largest absolute Gasteiger partial charge is 0.368 e. The Bertz CT molecular complexity index is 1150. The first-order valence-electron chi connectivity index (χ1n) is 9.07. The SMILES string of the molecule is N#Cc1cnn2c1nc(N1CCN(c3ccccc3)CC1)c1ccccc12. The number of piperazine rings is 1. The van der Waals surface area contributed by atoms with Crippen molar-refractivity contribution in [2.24, 2.45) is 0 Å². The summed E-state index contributed by atoms with van der Waals surface area (Å²) in [4.78, 5) is 9.56. The second-order valence-corrected chi connectivity index (χ2v) is 6.67. The number of nitrogens with zero attached hydrogens (tertiary/aromatic N) is 6. The number of fused-ring (bicyclic) bond motifs is 3. The number of rotatable bonds is 2. The second-order valence-electron chi connectivity index (χ2n) is 6.67. The van der Waals surface area contributed by atoms with Crippen LogP contribution in [0.25, 0.3) is 16.6 Å². The lowest BCUT2D eigenvalue weighted by atomic mass is 10.2. The summed E-state index contributed by atoms with van der Waals surface area (Å²) in [6, 6.07) is 20.8. The van der Waals surface area contributed by atoms with Crippen molar-refractivity contribution >= 4 is 28.1 Å². The van der Waals surface area contributed by atoms with Gasteiger partial charge >= 0.3 is 0 Å². The Labute approximate surface area is 156 Å². The summed E-state index contributed by atoms with van der Waals surface area (Å²) >= 11 is 0. The highest BCUT2D eigenvalue weighted by molar-refractivity contribution is 5.92. The monoisotopic (exact) mass is 354 g/mol. The average molecular weight is 354 g/mol. The molecule has 0 N–H and O–H groups in total. The molecule has 0 spiro atoms. The van der Waals surface area contributed by atoms with Crippen LogP contribution in [-0.2, 0) is 0 Å². The molecule has 1 aliphatic rings. The number of hydrogen-bond acceptors (Lipinski definition) is 5. The molecule has 0 saturated carbocycles. The third kappa shape index (κ3) is 2.56. The first-order chi connectivity index (χ1) is 13.3. The summed E-state index contributed by atoms with van der Waals surface area (Å²) in [5.74, 6) is 0.933. The third-order valence-electron chi connectivity index (χ3n) is 5.15. The lowest BCUT2D eigenvalue weighted by Gasteiger charge is -2.37. The number of nitriles is 1. The molecule has 1 aliphatic heterocycles. The smallest absolute Gasteiger partial charge is 0.175 e. The summed E-state index contributed by atoms with van der Waals surface area (Å²) in [5.41, 5.74) is 3.36. The lowest BCUT2D eigenvalue weighted by Crippen LogP contribution is -2.47. The molecule has 3 heterocycles. The Morgan fingerprint density at radius 3 is 2.33 bits per heavy atom. The molecule has 2 aromatic carbocycles. The van der Waals surface area contributed by atoms with E-state index in [1.807, 2.05) is 24.3 Å². The van der Waals surface area contributed by atoms with E-state index in [9.17, 15) is 5.26 Å². The van der Waals surface area contributed by atoms with Crippen molar-refractivity contribution in [1.82, 2.24) is 14.6 Å². The maximum atomic E-state index is 9.39. The van der Waals surface area contributed by atoms with Gasteiger partial charge in [0.15, 0.2) is 5.65 Å². The van der Waals surface area contributed by atoms with Crippen molar-refractivity contribution in [2.75, 3.05) is 36.0 Å². The molecule has 0 aliphatic carbocycles. The first-order valence-corrected chi connectivity index (χ1v) is 9.07. The van der Waals surface area contributed by atoms with Crippen LogP contribution < -0.4 is 9.80 Å². The topological polar surface area (TPSA) is 60.5 Å². The fourth-order valence-electron chi connectivity index (χ4n) is 3.77. The molecule has 6 heteroatoms. The van der Waals surface area contributed by atoms with Crippen molar-refractivity contribution in [3.8, 4) is 6.07 Å². The number of aromatic nitrogens is 3.